The van der Waals surface area contributed by atoms with Crippen molar-refractivity contribution >= 4 is 17.4 Å². The maximum Gasteiger partial charge on any atom is 0.295 e. The lowest BCUT2D eigenvalue weighted by atomic mass is 9.94. The van der Waals surface area contributed by atoms with Crippen LogP contribution in [0.2, 0.25) is 0 Å². The van der Waals surface area contributed by atoms with E-state index in [1.54, 1.807) is 36.4 Å². The van der Waals surface area contributed by atoms with E-state index in [0.29, 0.717) is 40.7 Å². The van der Waals surface area contributed by atoms with Crippen LogP contribution in [0.4, 0.5) is 0 Å². The number of ketones is 1. The van der Waals surface area contributed by atoms with Crippen LogP contribution in [0, 0.1) is 0 Å². The molecule has 2 aromatic carbocycles. The average molecular weight is 439 g/mol. The molecule has 168 valence electrons. The number of methoxy groups -OCH3 is 2. The van der Waals surface area contributed by atoms with E-state index in [9.17, 15) is 14.7 Å². The minimum Gasteiger partial charge on any atom is -0.507 e. The molecule has 4 rings (SSSR count). The molecule has 8 nitrogen and oxygen atoms in total. The fourth-order valence-corrected chi connectivity index (χ4v) is 4.01. The van der Waals surface area contributed by atoms with Gasteiger partial charge in [0.1, 0.15) is 5.76 Å². The standard InChI is InChI=1S/C24H25NO7/c1-4-5-10-25-21(14-6-8-16(29-2)18(11-14)30-3)20(23(27)24(25)28)22(26)15-7-9-17-19(12-15)32-13-31-17/h6-9,11-12,21,26H,4-5,10,13H2,1-3H3/b22-20+. The van der Waals surface area contributed by atoms with Crippen LogP contribution in [0.3, 0.4) is 0 Å². The number of aliphatic hydroxyl groups is 1. The summed E-state index contributed by atoms with van der Waals surface area (Å²) < 4.78 is 21.4. The van der Waals surface area contributed by atoms with Crippen molar-refractivity contribution in [1.82, 2.24) is 4.90 Å². The Morgan fingerprint density at radius 3 is 2.53 bits per heavy atom. The van der Waals surface area contributed by atoms with Crippen molar-refractivity contribution in [1.29, 1.82) is 0 Å². The molecule has 8 heteroatoms. The highest BCUT2D eigenvalue weighted by Crippen LogP contribution is 2.43. The van der Waals surface area contributed by atoms with Gasteiger partial charge in [-0.05, 0) is 42.3 Å². The number of aliphatic hydroxyl groups excluding tert-OH is 1. The van der Waals surface area contributed by atoms with Crippen LogP contribution in [-0.2, 0) is 9.59 Å². The van der Waals surface area contributed by atoms with Crippen LogP contribution in [-0.4, -0.2) is 49.3 Å². The van der Waals surface area contributed by atoms with Gasteiger partial charge >= 0.3 is 0 Å². The molecule has 0 aliphatic carbocycles. The van der Waals surface area contributed by atoms with Crippen LogP contribution < -0.4 is 18.9 Å². The zero-order valence-corrected chi connectivity index (χ0v) is 18.2. The number of benzene rings is 2. The number of likely N-dealkylation sites (tertiary alicyclic amines) is 1. The van der Waals surface area contributed by atoms with Crippen molar-refractivity contribution in [2.45, 2.75) is 25.8 Å². The predicted octanol–water partition coefficient (Wildman–Crippen LogP) is 3.65. The lowest BCUT2D eigenvalue weighted by Gasteiger charge is -2.25. The van der Waals surface area contributed by atoms with Crippen LogP contribution in [0.5, 0.6) is 23.0 Å². The third-order valence-corrected chi connectivity index (χ3v) is 5.66. The van der Waals surface area contributed by atoms with Crippen molar-refractivity contribution in [2.24, 2.45) is 0 Å². The monoisotopic (exact) mass is 439 g/mol. The van der Waals surface area contributed by atoms with E-state index in [2.05, 4.69) is 0 Å². The SMILES string of the molecule is CCCCN1C(=O)C(=O)/C(=C(/O)c2ccc3c(c2)OCO3)C1c1ccc(OC)c(OC)c1. The Kier molecular flexibility index (Phi) is 5.94. The Bertz CT molecular complexity index is 1090. The van der Waals surface area contributed by atoms with E-state index in [4.69, 9.17) is 18.9 Å². The second-order valence-corrected chi connectivity index (χ2v) is 7.53. The molecule has 2 aliphatic rings. The summed E-state index contributed by atoms with van der Waals surface area (Å²) in [5.74, 6) is 0.391. The summed E-state index contributed by atoms with van der Waals surface area (Å²) in [6.07, 6.45) is 1.57. The number of hydrogen-bond acceptors (Lipinski definition) is 7. The summed E-state index contributed by atoms with van der Waals surface area (Å²) in [6.45, 7) is 2.49. The molecule has 0 saturated carbocycles. The molecule has 0 bridgehead atoms. The van der Waals surface area contributed by atoms with Crippen molar-refractivity contribution < 1.29 is 33.6 Å². The van der Waals surface area contributed by atoms with E-state index >= 15 is 0 Å². The first-order chi connectivity index (χ1) is 15.5. The van der Waals surface area contributed by atoms with Crippen LogP contribution in [0.15, 0.2) is 42.0 Å². The average Bonchev–Trinajstić information content (AvgIpc) is 3.39. The largest absolute Gasteiger partial charge is 0.507 e. The summed E-state index contributed by atoms with van der Waals surface area (Å²) in [5, 5.41) is 11.2. The van der Waals surface area contributed by atoms with Gasteiger partial charge in [-0.15, -0.1) is 0 Å². The van der Waals surface area contributed by atoms with Gasteiger partial charge in [0.05, 0.1) is 25.8 Å². The summed E-state index contributed by atoms with van der Waals surface area (Å²) in [7, 11) is 3.05. The van der Waals surface area contributed by atoms with Crippen molar-refractivity contribution in [3.05, 3.63) is 53.1 Å². The number of nitrogens with zero attached hydrogens (tertiary/aromatic N) is 1. The van der Waals surface area contributed by atoms with Gasteiger partial charge in [-0.25, -0.2) is 0 Å². The highest BCUT2D eigenvalue weighted by molar-refractivity contribution is 6.46. The summed E-state index contributed by atoms with van der Waals surface area (Å²) in [5.41, 5.74) is 1.03. The molecule has 0 spiro atoms. The van der Waals surface area contributed by atoms with Gasteiger partial charge in [0, 0.05) is 12.1 Å². The molecule has 2 heterocycles. The number of unbranched alkanes of at least 4 members (excludes halogenated alkanes) is 1. The van der Waals surface area contributed by atoms with E-state index < -0.39 is 17.7 Å². The molecule has 1 N–H and O–H groups in total. The third-order valence-electron chi connectivity index (χ3n) is 5.66. The van der Waals surface area contributed by atoms with Crippen molar-refractivity contribution in [2.75, 3.05) is 27.6 Å². The molecule has 32 heavy (non-hydrogen) atoms. The normalized spacial score (nSPS) is 18.8. The number of carbonyl (C=O) groups is 2. The quantitative estimate of drug-likeness (QED) is 0.400. The summed E-state index contributed by atoms with van der Waals surface area (Å²) in [4.78, 5) is 27.5. The van der Waals surface area contributed by atoms with Crippen LogP contribution in [0.25, 0.3) is 5.76 Å². The highest BCUT2D eigenvalue weighted by Gasteiger charge is 2.46. The third kappa shape index (κ3) is 3.62. The first-order valence-corrected chi connectivity index (χ1v) is 10.4. The second kappa shape index (κ2) is 8.82. The number of hydrogen-bond donors (Lipinski definition) is 1. The molecule has 1 atom stereocenters. The maximum atomic E-state index is 13.1. The number of fused-ring (bicyclic) bond motifs is 1. The van der Waals surface area contributed by atoms with Crippen LogP contribution >= 0.6 is 0 Å². The zero-order valence-electron chi connectivity index (χ0n) is 18.2. The molecule has 2 aliphatic heterocycles. The number of carbonyl (C=O) groups excluding carboxylic acids is 2. The maximum absolute atomic E-state index is 13.1. The molecule has 1 unspecified atom stereocenters. The number of rotatable bonds is 7. The number of amides is 1. The number of ether oxygens (including phenoxy) is 4. The van der Waals surface area contributed by atoms with Gasteiger partial charge in [0.2, 0.25) is 6.79 Å². The Morgan fingerprint density at radius 2 is 1.81 bits per heavy atom. The van der Waals surface area contributed by atoms with Crippen LogP contribution in [0.1, 0.15) is 36.9 Å². The first-order valence-electron chi connectivity index (χ1n) is 10.4. The van der Waals surface area contributed by atoms with E-state index in [-0.39, 0.29) is 18.1 Å². The summed E-state index contributed by atoms with van der Waals surface area (Å²) >= 11 is 0. The summed E-state index contributed by atoms with van der Waals surface area (Å²) in [6, 6.07) is 9.35. The fraction of sp³-hybridized carbons (Fsp3) is 0.333. The lowest BCUT2D eigenvalue weighted by molar-refractivity contribution is -0.139. The molecular weight excluding hydrogens is 414 g/mol. The van der Waals surface area contributed by atoms with E-state index in [0.717, 1.165) is 12.8 Å². The van der Waals surface area contributed by atoms with Gasteiger partial charge in [-0.3, -0.25) is 9.59 Å². The van der Waals surface area contributed by atoms with Gasteiger partial charge in [-0.2, -0.15) is 0 Å². The minimum atomic E-state index is -0.758. The van der Waals surface area contributed by atoms with Gasteiger partial charge in [0.15, 0.2) is 23.0 Å². The van der Waals surface area contributed by atoms with Crippen molar-refractivity contribution in [3.63, 3.8) is 0 Å². The van der Waals surface area contributed by atoms with Gasteiger partial charge in [0.25, 0.3) is 11.7 Å². The highest BCUT2D eigenvalue weighted by atomic mass is 16.7. The molecule has 0 radical (unpaired) electrons. The predicted molar refractivity (Wildman–Crippen MR) is 116 cm³/mol. The molecule has 1 amide bonds. The lowest BCUT2D eigenvalue weighted by Crippen LogP contribution is -2.30. The first kappa shape index (κ1) is 21.5. The Labute approximate surface area is 185 Å². The van der Waals surface area contributed by atoms with E-state index in [1.165, 1.54) is 19.1 Å². The fourth-order valence-electron chi connectivity index (χ4n) is 4.01. The van der Waals surface area contributed by atoms with E-state index in [1.807, 2.05) is 6.92 Å². The second-order valence-electron chi connectivity index (χ2n) is 7.53. The van der Waals surface area contributed by atoms with Crippen molar-refractivity contribution in [3.8, 4) is 23.0 Å². The smallest absolute Gasteiger partial charge is 0.295 e. The minimum absolute atomic E-state index is 0.0252. The molecule has 1 fully saturated rings. The molecule has 1 saturated heterocycles. The molecular formula is C24H25NO7. The molecule has 2 aromatic rings. The zero-order chi connectivity index (χ0) is 22.8. The van der Waals surface area contributed by atoms with Gasteiger partial charge < -0.3 is 29.0 Å². The van der Waals surface area contributed by atoms with Gasteiger partial charge in [-0.1, -0.05) is 19.4 Å². The Hall–Kier alpha value is -3.68. The topological polar surface area (TPSA) is 94.5 Å². The number of Topliss-reactive ketones (excluding diaryl/α,β-unsaturated/α-hetero) is 1. The Morgan fingerprint density at radius 1 is 1.06 bits per heavy atom. The Balaban J connectivity index is 1.86. The molecule has 0 aromatic heterocycles.